The highest BCUT2D eigenvalue weighted by molar-refractivity contribution is 6.33. The Morgan fingerprint density at radius 3 is 2.47 bits per heavy atom. The van der Waals surface area contributed by atoms with Crippen molar-refractivity contribution in [1.29, 1.82) is 0 Å². The van der Waals surface area contributed by atoms with Crippen molar-refractivity contribution in [3.05, 3.63) is 76.8 Å². The van der Waals surface area contributed by atoms with Crippen LogP contribution in [0.2, 0.25) is 5.02 Å². The van der Waals surface area contributed by atoms with E-state index in [-0.39, 0.29) is 24.2 Å². The highest BCUT2D eigenvalue weighted by Crippen LogP contribution is 2.49. The van der Waals surface area contributed by atoms with E-state index in [1.807, 2.05) is 42.5 Å². The molecular formula is C24H17ClN2O5. The molecule has 1 unspecified atom stereocenters. The molecule has 2 heterocycles. The summed E-state index contributed by atoms with van der Waals surface area (Å²) in [5, 5.41) is 11.5. The number of likely N-dealkylation sites (tertiary alicyclic amines) is 1. The first-order valence-electron chi connectivity index (χ1n) is 9.98. The topological polar surface area (TPSA) is 95.0 Å². The van der Waals surface area contributed by atoms with Crippen LogP contribution in [-0.4, -0.2) is 40.2 Å². The lowest BCUT2D eigenvalue weighted by atomic mass is 9.80. The molecule has 8 heteroatoms. The number of amides is 3. The Morgan fingerprint density at radius 2 is 1.69 bits per heavy atom. The largest absolute Gasteiger partial charge is 0.480 e. The minimum atomic E-state index is -1.79. The van der Waals surface area contributed by atoms with E-state index in [9.17, 15) is 24.3 Å². The zero-order valence-electron chi connectivity index (χ0n) is 16.7. The number of carboxylic acids is 1. The van der Waals surface area contributed by atoms with Gasteiger partial charge in [0.1, 0.15) is 6.54 Å². The number of carboxylic acid groups (broad SMARTS) is 1. The second kappa shape index (κ2) is 7.17. The van der Waals surface area contributed by atoms with E-state index in [2.05, 4.69) is 0 Å². The van der Waals surface area contributed by atoms with E-state index < -0.39 is 35.7 Å². The molecule has 2 aliphatic heterocycles. The van der Waals surface area contributed by atoms with Gasteiger partial charge < -0.3 is 5.11 Å². The molecule has 1 saturated heterocycles. The minimum absolute atomic E-state index is 0.0167. The van der Waals surface area contributed by atoms with E-state index in [0.29, 0.717) is 5.02 Å². The van der Waals surface area contributed by atoms with Gasteiger partial charge in [-0.1, -0.05) is 54.1 Å². The fraction of sp³-hybridized carbons (Fsp3) is 0.167. The summed E-state index contributed by atoms with van der Waals surface area (Å²) in [6.07, 6.45) is -0.362. The third-order valence-corrected chi connectivity index (χ3v) is 6.38. The molecule has 1 atom stereocenters. The standard InChI is InChI=1S/C24H17ClN2O5/c25-16-8-9-19-18(10-16)24(22(31)26(19)13-21(29)30)11-20(28)27(23(24)32)12-15-6-3-5-14-4-1-2-7-17(14)15/h1-10H,11-13H2,(H,29,30). The summed E-state index contributed by atoms with van der Waals surface area (Å²) >= 11 is 6.15. The Balaban J connectivity index is 1.59. The second-order valence-corrected chi connectivity index (χ2v) is 8.39. The fourth-order valence-electron chi connectivity index (χ4n) is 4.71. The summed E-state index contributed by atoms with van der Waals surface area (Å²) in [5.41, 5.74) is -0.455. The number of benzene rings is 3. The first kappa shape index (κ1) is 20.2. The number of rotatable bonds is 4. The van der Waals surface area contributed by atoms with Crippen molar-refractivity contribution in [3.63, 3.8) is 0 Å². The summed E-state index contributed by atoms with van der Waals surface area (Å²) in [7, 11) is 0. The average Bonchev–Trinajstić information content (AvgIpc) is 3.14. The SMILES string of the molecule is O=C(O)CN1C(=O)C2(CC(=O)N(Cc3cccc4ccccc34)C2=O)c2cc(Cl)ccc21. The molecule has 7 nitrogen and oxygen atoms in total. The van der Waals surface area contributed by atoms with Crippen LogP contribution in [0.15, 0.2) is 60.7 Å². The number of fused-ring (bicyclic) bond motifs is 3. The lowest BCUT2D eigenvalue weighted by Crippen LogP contribution is -2.47. The molecule has 3 aromatic carbocycles. The molecule has 1 N–H and O–H groups in total. The molecule has 1 fully saturated rings. The summed E-state index contributed by atoms with van der Waals surface area (Å²) < 4.78 is 0. The number of carbonyl (C=O) groups excluding carboxylic acids is 3. The number of hydrogen-bond donors (Lipinski definition) is 1. The van der Waals surface area contributed by atoms with Crippen molar-refractivity contribution >= 4 is 51.8 Å². The van der Waals surface area contributed by atoms with Crippen LogP contribution in [0.4, 0.5) is 5.69 Å². The number of imide groups is 1. The van der Waals surface area contributed by atoms with Gasteiger partial charge in [0.25, 0.3) is 0 Å². The fourth-order valence-corrected chi connectivity index (χ4v) is 4.88. The molecule has 160 valence electrons. The van der Waals surface area contributed by atoms with Gasteiger partial charge in [-0.25, -0.2) is 0 Å². The van der Waals surface area contributed by atoms with Gasteiger partial charge in [0, 0.05) is 16.3 Å². The van der Waals surface area contributed by atoms with Crippen molar-refractivity contribution in [2.45, 2.75) is 18.4 Å². The van der Waals surface area contributed by atoms with Crippen molar-refractivity contribution in [3.8, 4) is 0 Å². The predicted octanol–water partition coefficient (Wildman–Crippen LogP) is 3.12. The van der Waals surface area contributed by atoms with Crippen LogP contribution in [0, 0.1) is 0 Å². The molecule has 3 amide bonds. The Morgan fingerprint density at radius 1 is 0.969 bits per heavy atom. The lowest BCUT2D eigenvalue weighted by molar-refractivity contribution is -0.143. The Labute approximate surface area is 187 Å². The predicted molar refractivity (Wildman–Crippen MR) is 117 cm³/mol. The van der Waals surface area contributed by atoms with Gasteiger partial charge in [0.05, 0.1) is 13.0 Å². The quantitative estimate of drug-likeness (QED) is 0.488. The maximum atomic E-state index is 13.7. The van der Waals surface area contributed by atoms with Crippen molar-refractivity contribution < 1.29 is 24.3 Å². The smallest absolute Gasteiger partial charge is 0.323 e. The van der Waals surface area contributed by atoms with E-state index in [1.165, 1.54) is 18.2 Å². The van der Waals surface area contributed by atoms with Gasteiger partial charge in [-0.15, -0.1) is 0 Å². The molecule has 1 spiro atoms. The van der Waals surface area contributed by atoms with Crippen LogP contribution in [-0.2, 0) is 31.1 Å². The monoisotopic (exact) mass is 448 g/mol. The van der Waals surface area contributed by atoms with Gasteiger partial charge in [-0.05, 0) is 34.5 Å². The third kappa shape index (κ3) is 2.81. The average molecular weight is 449 g/mol. The highest BCUT2D eigenvalue weighted by Gasteiger charge is 2.63. The third-order valence-electron chi connectivity index (χ3n) is 6.15. The summed E-state index contributed by atoms with van der Waals surface area (Å²) in [6.45, 7) is -0.594. The van der Waals surface area contributed by atoms with Gasteiger partial charge in [0.2, 0.25) is 17.7 Å². The Kier molecular flexibility index (Phi) is 4.53. The van der Waals surface area contributed by atoms with Gasteiger partial charge in [-0.3, -0.25) is 29.0 Å². The van der Waals surface area contributed by atoms with Gasteiger partial charge >= 0.3 is 5.97 Å². The van der Waals surface area contributed by atoms with Crippen LogP contribution in [0.3, 0.4) is 0 Å². The molecule has 2 aliphatic rings. The summed E-state index contributed by atoms with van der Waals surface area (Å²) in [4.78, 5) is 53.6. The Hall–Kier alpha value is -3.71. The van der Waals surface area contributed by atoms with E-state index >= 15 is 0 Å². The highest BCUT2D eigenvalue weighted by atomic mass is 35.5. The first-order valence-corrected chi connectivity index (χ1v) is 10.4. The van der Waals surface area contributed by atoms with E-state index in [1.54, 1.807) is 0 Å². The van der Waals surface area contributed by atoms with Gasteiger partial charge in [0.15, 0.2) is 5.41 Å². The Bertz CT molecular complexity index is 1330. The van der Waals surface area contributed by atoms with Crippen LogP contribution in [0.25, 0.3) is 10.8 Å². The van der Waals surface area contributed by atoms with E-state index in [0.717, 1.165) is 26.1 Å². The molecular weight excluding hydrogens is 432 g/mol. The number of nitrogens with zero attached hydrogens (tertiary/aromatic N) is 2. The molecule has 0 bridgehead atoms. The lowest BCUT2D eigenvalue weighted by Gasteiger charge is -2.22. The number of aliphatic carboxylic acids is 1. The van der Waals surface area contributed by atoms with Gasteiger partial charge in [-0.2, -0.15) is 0 Å². The molecule has 32 heavy (non-hydrogen) atoms. The van der Waals surface area contributed by atoms with Crippen LogP contribution >= 0.6 is 11.6 Å². The minimum Gasteiger partial charge on any atom is -0.480 e. The molecule has 3 aromatic rings. The van der Waals surface area contributed by atoms with Crippen molar-refractivity contribution in [2.24, 2.45) is 0 Å². The molecule has 0 aromatic heterocycles. The normalized spacial score (nSPS) is 20.0. The van der Waals surface area contributed by atoms with Crippen molar-refractivity contribution in [2.75, 3.05) is 11.4 Å². The maximum Gasteiger partial charge on any atom is 0.323 e. The van der Waals surface area contributed by atoms with Crippen LogP contribution in [0.1, 0.15) is 17.5 Å². The number of halogens is 1. The zero-order valence-corrected chi connectivity index (χ0v) is 17.5. The number of hydrogen-bond acceptors (Lipinski definition) is 4. The second-order valence-electron chi connectivity index (χ2n) is 7.95. The first-order chi connectivity index (χ1) is 15.3. The molecule has 0 radical (unpaired) electrons. The molecule has 5 rings (SSSR count). The summed E-state index contributed by atoms with van der Waals surface area (Å²) in [5.74, 6) is -3.08. The zero-order chi connectivity index (χ0) is 22.6. The molecule has 0 aliphatic carbocycles. The molecule has 0 saturated carbocycles. The van der Waals surface area contributed by atoms with Crippen molar-refractivity contribution in [1.82, 2.24) is 4.90 Å². The van der Waals surface area contributed by atoms with E-state index in [4.69, 9.17) is 11.6 Å². The number of carbonyl (C=O) groups is 4. The number of anilines is 1. The van der Waals surface area contributed by atoms with Crippen LogP contribution < -0.4 is 4.90 Å². The van der Waals surface area contributed by atoms with Crippen LogP contribution in [0.5, 0.6) is 0 Å². The summed E-state index contributed by atoms with van der Waals surface area (Å²) in [6, 6.07) is 17.8. The maximum absolute atomic E-state index is 13.7.